The van der Waals surface area contributed by atoms with E-state index in [9.17, 15) is 66.8 Å². The van der Waals surface area contributed by atoms with E-state index in [1.165, 1.54) is 116 Å². The van der Waals surface area contributed by atoms with E-state index in [0.29, 0.717) is 72.4 Å². The van der Waals surface area contributed by atoms with Crippen LogP contribution in [0.15, 0.2) is 311 Å². The van der Waals surface area contributed by atoms with Gasteiger partial charge in [0, 0.05) is 69.0 Å². The third kappa shape index (κ3) is 26.7. The summed E-state index contributed by atoms with van der Waals surface area (Å²) in [4.78, 5) is 49.4. The Morgan fingerprint density at radius 2 is 0.575 bits per heavy atom. The molecule has 12 aromatic carbocycles. The van der Waals surface area contributed by atoms with E-state index in [0.717, 1.165) is 83.9 Å². The number of carbonyl (C=O) groups excluding carboxylic acids is 4. The quantitative estimate of drug-likeness (QED) is 0.0102. The van der Waals surface area contributed by atoms with Crippen molar-refractivity contribution in [2.45, 2.75) is 161 Å². The standard InChI is InChI=1S/C30H35NO6S.C27H28ClNO6S.2C27H28FNO6S/c1-22(2)24-8-10-25(11-9-24)26-7-3-5-23(21-26)6-4-18-37-27-12-14-28(15-13-27)38(34,35)30(29(32)31-33)16-19-36-20-17-30;28-25-9-2-1-8-24(25)21-7-3-5-20(19-21)6-4-16-35-22-10-12-23(13-11-22)36(32,33)27(26(30)29-31)14-17-34-18-15-27;28-23-8-2-7-22(19-23)21-6-1-4-20(18-21)5-3-15-35-24-9-11-25(12-10-24)36(32,33)27(26(30)29-31)13-16-34-17-14-27;28-25-9-2-1-8-24(25)21-7-3-5-20(19-21)6-4-16-35-22-10-12-23(13-11-22)36(32,33)27(26(30)29-31)14-17-34-18-15-27/h3,5,7-15,21-22,33H,4,6,16-20H2,1-2H3,(H,31,32);1-3,5,7-13,19,31H,4,6,14-18H2,(H,29,30);1-2,4,6-12,18-19,31H,3,5,13-17H2,(H,29,30);1-3,5,7-13,19,31H,4,6,14-18H2,(H,29,30). The molecular weight excluding hydrogens is 1970 g/mol. The van der Waals surface area contributed by atoms with Crippen LogP contribution in [0.3, 0.4) is 0 Å². The van der Waals surface area contributed by atoms with Crippen LogP contribution in [-0.2, 0) is 103 Å². The molecule has 0 aromatic heterocycles. The largest absolute Gasteiger partial charge is 0.494 e. The molecule has 0 unspecified atom stereocenters. The summed E-state index contributed by atoms with van der Waals surface area (Å²) in [5.74, 6) is -1.71. The van der Waals surface area contributed by atoms with Gasteiger partial charge in [-0.2, -0.15) is 0 Å². The van der Waals surface area contributed by atoms with Gasteiger partial charge < -0.3 is 37.9 Å². The third-order valence-corrected chi connectivity index (χ3v) is 36.9. The van der Waals surface area contributed by atoms with Gasteiger partial charge in [-0.05, 0) is 291 Å². The Balaban J connectivity index is 0.000000163. The number of hydrogen-bond acceptors (Lipinski definition) is 24. The summed E-state index contributed by atoms with van der Waals surface area (Å²) < 4.78 is 171. The van der Waals surface area contributed by atoms with Gasteiger partial charge in [-0.3, -0.25) is 40.0 Å². The fraction of sp³-hybridized carbons (Fsp3) is 0.315. The molecular formula is C111H119ClF2N4O24S4. The minimum absolute atomic E-state index is 0.00302. The SMILES string of the molecule is CC(C)c1ccc(-c2cccc(CCCOc3ccc(S(=O)(=O)C4(C(=O)NO)CCOCC4)cc3)c2)cc1.O=C(NO)C1(S(=O)(=O)c2ccc(OCCCc3cccc(-c4cccc(F)c4)c3)cc2)CCOCC1.O=C(NO)C1(S(=O)(=O)c2ccc(OCCCc3cccc(-c4ccccc4Cl)c3)cc2)CCOCC1.O=C(NO)C1(S(=O)(=O)c2ccc(OCCCc3cccc(-c4ccccc4F)c3)cc2)CCOCC1. The average molecular weight is 2090 g/mol. The molecule has 4 saturated heterocycles. The van der Waals surface area contributed by atoms with Crippen LogP contribution >= 0.6 is 11.6 Å². The fourth-order valence-electron chi connectivity index (χ4n) is 18.0. The van der Waals surface area contributed by atoms with Crippen LogP contribution in [0.2, 0.25) is 5.02 Å². The summed E-state index contributed by atoms with van der Waals surface area (Å²) in [6.45, 7) is 7.07. The summed E-state index contributed by atoms with van der Waals surface area (Å²) in [7, 11) is -16.3. The minimum atomic E-state index is -4.08. The first-order chi connectivity index (χ1) is 70.4. The molecule has 4 aliphatic rings. The zero-order valence-electron chi connectivity index (χ0n) is 80.8. The van der Waals surface area contributed by atoms with E-state index in [1.807, 2.05) is 91.0 Å². The number of hydrogen-bond donors (Lipinski definition) is 8. The first-order valence-electron chi connectivity index (χ1n) is 48.1. The van der Waals surface area contributed by atoms with Crippen LogP contribution in [0.4, 0.5) is 8.78 Å². The smallest absolute Gasteiger partial charge is 0.265 e. The Hall–Kier alpha value is -12.7. The maximum Gasteiger partial charge on any atom is 0.265 e. The summed E-state index contributed by atoms with van der Waals surface area (Å²) in [6.07, 6.45) is 5.89. The number of aryl methyl sites for hydroxylation is 4. The highest BCUT2D eigenvalue weighted by molar-refractivity contribution is 7.94. The van der Waals surface area contributed by atoms with E-state index < -0.39 is 82.0 Å². The number of rotatable bonds is 37. The highest BCUT2D eigenvalue weighted by Crippen LogP contribution is 2.42. The molecule has 8 N–H and O–H groups in total. The lowest BCUT2D eigenvalue weighted by Crippen LogP contribution is -2.54. The third-order valence-electron chi connectivity index (χ3n) is 26.5. The zero-order chi connectivity index (χ0) is 104. The van der Waals surface area contributed by atoms with Crippen LogP contribution in [-0.4, -0.2) is 176 Å². The molecule has 4 aliphatic heterocycles. The van der Waals surface area contributed by atoms with Gasteiger partial charge in [0.25, 0.3) is 23.6 Å². The van der Waals surface area contributed by atoms with Gasteiger partial charge in [0.05, 0.1) is 46.0 Å². The molecule has 0 radical (unpaired) electrons. The summed E-state index contributed by atoms with van der Waals surface area (Å²) in [5.41, 5.74) is 19.5. The van der Waals surface area contributed by atoms with E-state index >= 15 is 0 Å². The predicted octanol–water partition coefficient (Wildman–Crippen LogP) is 18.8. The highest BCUT2D eigenvalue weighted by Gasteiger charge is 2.56. The number of sulfone groups is 4. The van der Waals surface area contributed by atoms with Crippen molar-refractivity contribution in [3.63, 3.8) is 0 Å². The normalized spacial score (nSPS) is 15.3. The Bertz CT molecular complexity index is 6690. The number of carbonyl (C=O) groups is 4. The number of benzene rings is 12. The predicted molar refractivity (Wildman–Crippen MR) is 547 cm³/mol. The van der Waals surface area contributed by atoms with Gasteiger partial charge in [-0.15, -0.1) is 0 Å². The summed E-state index contributed by atoms with van der Waals surface area (Å²) in [5, 5.41) is 37.4. The van der Waals surface area contributed by atoms with Crippen molar-refractivity contribution in [1.82, 2.24) is 21.9 Å². The van der Waals surface area contributed by atoms with Crippen molar-refractivity contribution >= 4 is 74.6 Å². The fourth-order valence-corrected chi connectivity index (χ4v) is 26.0. The van der Waals surface area contributed by atoms with E-state index in [-0.39, 0.29) is 135 Å². The number of ether oxygens (including phenoxy) is 8. The van der Waals surface area contributed by atoms with E-state index in [4.69, 9.17) is 65.1 Å². The zero-order valence-corrected chi connectivity index (χ0v) is 84.8. The van der Waals surface area contributed by atoms with Crippen molar-refractivity contribution < 1.29 is 120 Å². The minimum Gasteiger partial charge on any atom is -0.494 e. The average Bonchev–Trinajstić information content (AvgIpc) is 0.757. The Labute approximate surface area is 854 Å². The topological polar surface area (TPSA) is 408 Å². The second-order valence-electron chi connectivity index (χ2n) is 35.9. The molecule has 16 rings (SSSR count). The van der Waals surface area contributed by atoms with Crippen molar-refractivity contribution in [3.05, 3.63) is 336 Å². The summed E-state index contributed by atoms with van der Waals surface area (Å²) >= 11 is 6.33. The van der Waals surface area contributed by atoms with E-state index in [1.54, 1.807) is 72.8 Å². The van der Waals surface area contributed by atoms with Gasteiger partial charge in [0.15, 0.2) is 58.3 Å². The van der Waals surface area contributed by atoms with E-state index in [2.05, 4.69) is 74.5 Å². The van der Waals surface area contributed by atoms with Gasteiger partial charge in [-0.1, -0.05) is 195 Å². The number of halogens is 3. The Morgan fingerprint density at radius 1 is 0.315 bits per heavy atom. The summed E-state index contributed by atoms with van der Waals surface area (Å²) in [6, 6.07) is 85.9. The maximum absolute atomic E-state index is 14.1. The van der Waals surface area contributed by atoms with Crippen LogP contribution < -0.4 is 40.9 Å². The van der Waals surface area contributed by atoms with Gasteiger partial charge in [0.1, 0.15) is 34.6 Å². The lowest BCUT2D eigenvalue weighted by Gasteiger charge is -2.34. The van der Waals surface area contributed by atoms with Crippen LogP contribution in [0.25, 0.3) is 44.5 Å². The number of nitrogens with one attached hydrogen (secondary N) is 4. The van der Waals surface area contributed by atoms with Gasteiger partial charge in [0.2, 0.25) is 0 Å². The highest BCUT2D eigenvalue weighted by atomic mass is 35.5. The molecule has 28 nitrogen and oxygen atoms in total. The molecule has 772 valence electrons. The van der Waals surface area contributed by atoms with Gasteiger partial charge in [-0.25, -0.2) is 64.4 Å². The molecule has 0 spiro atoms. The molecule has 12 aromatic rings. The monoisotopic (exact) mass is 2090 g/mol. The molecule has 4 heterocycles. The lowest BCUT2D eigenvalue weighted by molar-refractivity contribution is -0.135. The molecule has 146 heavy (non-hydrogen) atoms. The molecule has 0 saturated carbocycles. The van der Waals surface area contributed by atoms with Crippen LogP contribution in [0.1, 0.15) is 125 Å². The second kappa shape index (κ2) is 51.6. The van der Waals surface area contributed by atoms with Crippen molar-refractivity contribution in [3.8, 4) is 67.5 Å². The van der Waals surface area contributed by atoms with Crippen molar-refractivity contribution in [2.24, 2.45) is 0 Å². The van der Waals surface area contributed by atoms with Crippen LogP contribution in [0.5, 0.6) is 23.0 Å². The van der Waals surface area contributed by atoms with Crippen LogP contribution in [0, 0.1) is 11.6 Å². The van der Waals surface area contributed by atoms with Crippen molar-refractivity contribution in [1.29, 1.82) is 0 Å². The molecule has 0 atom stereocenters. The Kier molecular flexibility index (Phi) is 39.1. The molecule has 4 amide bonds. The lowest BCUT2D eigenvalue weighted by atomic mass is 9.97. The molecule has 0 aliphatic carbocycles. The second-order valence-corrected chi connectivity index (χ2v) is 45.4. The molecule has 4 fully saturated rings. The van der Waals surface area contributed by atoms with Crippen molar-refractivity contribution in [2.75, 3.05) is 79.3 Å². The number of hydroxylamine groups is 4. The Morgan fingerprint density at radius 3 is 0.863 bits per heavy atom. The van der Waals surface area contributed by atoms with Gasteiger partial charge >= 0.3 is 0 Å². The maximum atomic E-state index is 14.1. The molecule has 35 heteroatoms. The molecule has 0 bridgehead atoms. The first kappa shape index (κ1) is 111. The first-order valence-corrected chi connectivity index (χ1v) is 54.4. The number of amides is 4.